The third kappa shape index (κ3) is 2.80. The third-order valence-electron chi connectivity index (χ3n) is 3.83. The minimum Gasteiger partial charge on any atom is -0.478 e. The molecule has 20 heavy (non-hydrogen) atoms. The molecule has 1 aromatic carbocycles. The van der Waals surface area contributed by atoms with E-state index in [4.69, 9.17) is 10.8 Å². The van der Waals surface area contributed by atoms with Crippen LogP contribution in [0.3, 0.4) is 0 Å². The van der Waals surface area contributed by atoms with Crippen molar-refractivity contribution in [1.82, 2.24) is 4.90 Å². The fraction of sp³-hybridized carbons (Fsp3) is 0.429. The number of carbonyl (C=O) groups is 2. The second-order valence-corrected chi connectivity index (χ2v) is 5.50. The Balaban J connectivity index is 2.14. The molecule has 108 valence electrons. The number of likely N-dealkylation sites (tertiary alicyclic amines) is 1. The van der Waals surface area contributed by atoms with E-state index >= 15 is 0 Å². The zero-order chi connectivity index (χ0) is 14.9. The standard InChI is InChI=1S/C14H17FN2O3/c1-14(13(16)20)4-5-17(8-14)7-10-6-9(12(18)19)2-3-11(10)15/h2-3,6H,4-5,7-8H2,1H3,(H2,16,20)(H,18,19). The van der Waals surface area contributed by atoms with Crippen LogP contribution < -0.4 is 5.73 Å². The van der Waals surface area contributed by atoms with Crippen LogP contribution in [0.2, 0.25) is 0 Å². The Kier molecular flexibility index (Phi) is 3.76. The largest absolute Gasteiger partial charge is 0.478 e. The maximum atomic E-state index is 13.7. The average molecular weight is 280 g/mol. The monoisotopic (exact) mass is 280 g/mol. The van der Waals surface area contributed by atoms with E-state index in [9.17, 15) is 14.0 Å². The highest BCUT2D eigenvalue weighted by Crippen LogP contribution is 2.30. The predicted molar refractivity (Wildman–Crippen MR) is 70.6 cm³/mol. The fourth-order valence-corrected chi connectivity index (χ4v) is 2.46. The van der Waals surface area contributed by atoms with Crippen LogP contribution in [0.5, 0.6) is 0 Å². The Labute approximate surface area is 116 Å². The molecule has 1 aliphatic heterocycles. The van der Waals surface area contributed by atoms with Gasteiger partial charge in [0.25, 0.3) is 0 Å². The summed E-state index contributed by atoms with van der Waals surface area (Å²) in [6.45, 7) is 3.16. The normalized spacial score (nSPS) is 22.9. The molecule has 1 heterocycles. The van der Waals surface area contributed by atoms with Crippen molar-refractivity contribution >= 4 is 11.9 Å². The second kappa shape index (κ2) is 5.20. The van der Waals surface area contributed by atoms with Gasteiger partial charge in [0, 0.05) is 18.7 Å². The highest BCUT2D eigenvalue weighted by Gasteiger charge is 2.38. The van der Waals surface area contributed by atoms with Gasteiger partial charge >= 0.3 is 5.97 Å². The second-order valence-electron chi connectivity index (χ2n) is 5.50. The van der Waals surface area contributed by atoms with E-state index in [-0.39, 0.29) is 18.0 Å². The van der Waals surface area contributed by atoms with Crippen LogP contribution in [-0.2, 0) is 11.3 Å². The van der Waals surface area contributed by atoms with E-state index in [1.54, 1.807) is 6.92 Å². The highest BCUT2D eigenvalue weighted by molar-refractivity contribution is 5.87. The fourth-order valence-electron chi connectivity index (χ4n) is 2.46. The summed E-state index contributed by atoms with van der Waals surface area (Å²) in [5.74, 6) is -1.89. The van der Waals surface area contributed by atoms with Crippen molar-refractivity contribution < 1.29 is 19.1 Å². The van der Waals surface area contributed by atoms with Crippen molar-refractivity contribution in [1.29, 1.82) is 0 Å². The number of amides is 1. The van der Waals surface area contributed by atoms with Crippen LogP contribution in [0.1, 0.15) is 29.3 Å². The van der Waals surface area contributed by atoms with Gasteiger partial charge in [0.05, 0.1) is 11.0 Å². The van der Waals surface area contributed by atoms with Gasteiger partial charge in [-0.25, -0.2) is 9.18 Å². The SMILES string of the molecule is CC1(C(N)=O)CCN(Cc2cc(C(=O)O)ccc2F)C1. The number of aromatic carboxylic acids is 1. The molecule has 0 saturated carbocycles. The summed E-state index contributed by atoms with van der Waals surface area (Å²) in [6.07, 6.45) is 0.628. The maximum absolute atomic E-state index is 13.7. The molecule has 0 aliphatic carbocycles. The summed E-state index contributed by atoms with van der Waals surface area (Å²) in [6, 6.07) is 3.72. The minimum atomic E-state index is -1.09. The maximum Gasteiger partial charge on any atom is 0.335 e. The van der Waals surface area contributed by atoms with Gasteiger partial charge in [-0.05, 0) is 38.1 Å². The lowest BCUT2D eigenvalue weighted by molar-refractivity contribution is -0.126. The third-order valence-corrected chi connectivity index (χ3v) is 3.83. The Morgan fingerprint density at radius 2 is 2.20 bits per heavy atom. The van der Waals surface area contributed by atoms with Crippen molar-refractivity contribution in [2.45, 2.75) is 19.9 Å². The van der Waals surface area contributed by atoms with E-state index in [1.165, 1.54) is 12.1 Å². The molecule has 1 unspecified atom stereocenters. The van der Waals surface area contributed by atoms with E-state index < -0.39 is 17.2 Å². The number of carboxylic acid groups (broad SMARTS) is 1. The number of benzene rings is 1. The average Bonchev–Trinajstić information content (AvgIpc) is 2.75. The molecule has 1 aromatic rings. The molecule has 5 nitrogen and oxygen atoms in total. The van der Waals surface area contributed by atoms with E-state index in [0.29, 0.717) is 25.1 Å². The number of carboxylic acids is 1. The Bertz CT molecular complexity index is 561. The van der Waals surface area contributed by atoms with Crippen molar-refractivity contribution in [2.24, 2.45) is 11.1 Å². The summed E-state index contributed by atoms with van der Waals surface area (Å²) in [5, 5.41) is 8.92. The Hall–Kier alpha value is -1.95. The molecule has 0 spiro atoms. The van der Waals surface area contributed by atoms with Gasteiger partial charge in [0.15, 0.2) is 0 Å². The van der Waals surface area contributed by atoms with Gasteiger partial charge in [0.2, 0.25) is 5.91 Å². The predicted octanol–water partition coefficient (Wildman–Crippen LogP) is 1.22. The molecule has 1 saturated heterocycles. The topological polar surface area (TPSA) is 83.6 Å². The van der Waals surface area contributed by atoms with Crippen molar-refractivity contribution in [3.63, 3.8) is 0 Å². The highest BCUT2D eigenvalue weighted by atomic mass is 19.1. The van der Waals surface area contributed by atoms with Crippen LogP contribution in [0.4, 0.5) is 4.39 Å². The van der Waals surface area contributed by atoms with Gasteiger partial charge < -0.3 is 10.8 Å². The number of rotatable bonds is 4. The van der Waals surface area contributed by atoms with E-state index in [1.807, 2.05) is 4.90 Å². The molecule has 0 bridgehead atoms. The molecule has 1 fully saturated rings. The number of primary amides is 1. The zero-order valence-electron chi connectivity index (χ0n) is 11.2. The smallest absolute Gasteiger partial charge is 0.335 e. The summed E-state index contributed by atoms with van der Waals surface area (Å²) >= 11 is 0. The summed E-state index contributed by atoms with van der Waals surface area (Å²) in [7, 11) is 0. The molecule has 1 amide bonds. The Morgan fingerprint density at radius 1 is 1.50 bits per heavy atom. The van der Waals surface area contributed by atoms with E-state index in [2.05, 4.69) is 0 Å². The minimum absolute atomic E-state index is 0.0539. The molecule has 0 radical (unpaired) electrons. The quantitative estimate of drug-likeness (QED) is 0.868. The molecule has 3 N–H and O–H groups in total. The van der Waals surface area contributed by atoms with Crippen molar-refractivity contribution in [2.75, 3.05) is 13.1 Å². The number of hydrogen-bond acceptors (Lipinski definition) is 3. The summed E-state index contributed by atoms with van der Waals surface area (Å²) < 4.78 is 13.7. The lowest BCUT2D eigenvalue weighted by atomic mass is 9.89. The van der Waals surface area contributed by atoms with E-state index in [0.717, 1.165) is 6.07 Å². The molecule has 0 aromatic heterocycles. The molecular formula is C14H17FN2O3. The first-order valence-corrected chi connectivity index (χ1v) is 6.36. The van der Waals surface area contributed by atoms with Crippen LogP contribution in [0.25, 0.3) is 0 Å². The van der Waals surface area contributed by atoms with Crippen LogP contribution in [0.15, 0.2) is 18.2 Å². The molecule has 1 atom stereocenters. The lowest BCUT2D eigenvalue weighted by Gasteiger charge is -2.21. The van der Waals surface area contributed by atoms with Crippen molar-refractivity contribution in [3.05, 3.63) is 35.1 Å². The first-order chi connectivity index (χ1) is 9.32. The molecule has 6 heteroatoms. The number of nitrogens with zero attached hydrogens (tertiary/aromatic N) is 1. The number of nitrogens with two attached hydrogens (primary N) is 1. The number of carbonyl (C=O) groups excluding carboxylic acids is 1. The molecule has 2 rings (SSSR count). The van der Waals surface area contributed by atoms with Crippen LogP contribution in [0, 0.1) is 11.2 Å². The lowest BCUT2D eigenvalue weighted by Crippen LogP contribution is -2.37. The number of halogens is 1. The molecular weight excluding hydrogens is 263 g/mol. The molecule has 1 aliphatic rings. The Morgan fingerprint density at radius 3 is 2.75 bits per heavy atom. The zero-order valence-corrected chi connectivity index (χ0v) is 11.2. The first kappa shape index (κ1) is 14.5. The van der Waals surface area contributed by atoms with Crippen LogP contribution in [-0.4, -0.2) is 35.0 Å². The van der Waals surface area contributed by atoms with Gasteiger partial charge in [-0.3, -0.25) is 9.69 Å². The number of hydrogen-bond donors (Lipinski definition) is 2. The summed E-state index contributed by atoms with van der Waals surface area (Å²) in [4.78, 5) is 24.2. The van der Waals surface area contributed by atoms with Crippen LogP contribution >= 0.6 is 0 Å². The summed E-state index contributed by atoms with van der Waals surface area (Å²) in [5.41, 5.74) is 5.14. The van der Waals surface area contributed by atoms with Gasteiger partial charge in [0.1, 0.15) is 5.82 Å². The van der Waals surface area contributed by atoms with Gasteiger partial charge in [-0.2, -0.15) is 0 Å². The van der Waals surface area contributed by atoms with Crippen molar-refractivity contribution in [3.8, 4) is 0 Å². The first-order valence-electron chi connectivity index (χ1n) is 6.36. The van der Waals surface area contributed by atoms with Gasteiger partial charge in [-0.15, -0.1) is 0 Å². The van der Waals surface area contributed by atoms with Gasteiger partial charge in [-0.1, -0.05) is 0 Å².